The molecule has 0 aliphatic carbocycles. The second-order valence-electron chi connectivity index (χ2n) is 4.71. The van der Waals surface area contributed by atoms with E-state index in [1.165, 1.54) is 6.21 Å². The van der Waals surface area contributed by atoms with Crippen LogP contribution in [0.25, 0.3) is 0 Å². The Morgan fingerprint density at radius 3 is 2.43 bits per heavy atom. The van der Waals surface area contributed by atoms with Crippen molar-refractivity contribution in [1.29, 1.82) is 5.41 Å². The summed E-state index contributed by atoms with van der Waals surface area (Å²) in [5.74, 6) is 0. The first kappa shape index (κ1) is 11.4. The molecule has 0 bridgehead atoms. The number of carbonyl (C=O) groups excluding carboxylic acids is 1. The third-order valence-electron chi connectivity index (χ3n) is 1.91. The lowest BCUT2D eigenvalue weighted by Crippen LogP contribution is -2.61. The predicted octanol–water partition coefficient (Wildman–Crippen LogP) is 1.50. The van der Waals surface area contributed by atoms with Crippen LogP contribution in [-0.2, 0) is 4.74 Å². The van der Waals surface area contributed by atoms with Crippen molar-refractivity contribution in [2.75, 3.05) is 13.1 Å². The van der Waals surface area contributed by atoms with Crippen LogP contribution >= 0.6 is 9.24 Å². The maximum Gasteiger partial charge on any atom is 0.410 e. The third kappa shape index (κ3) is 2.68. The van der Waals surface area contributed by atoms with E-state index in [1.54, 1.807) is 4.90 Å². The molecular weight excluding hydrogens is 199 g/mol. The average molecular weight is 216 g/mol. The fourth-order valence-electron chi connectivity index (χ4n) is 1.21. The summed E-state index contributed by atoms with van der Waals surface area (Å²) in [7, 11) is 2.58. The lowest BCUT2D eigenvalue weighted by Gasteiger charge is -2.45. The minimum atomic E-state index is -0.444. The second kappa shape index (κ2) is 3.50. The van der Waals surface area contributed by atoms with Crippen molar-refractivity contribution in [2.24, 2.45) is 0 Å². The normalized spacial score (nSPS) is 19.9. The van der Waals surface area contributed by atoms with Crippen LogP contribution in [0.3, 0.4) is 0 Å². The number of amides is 1. The van der Waals surface area contributed by atoms with Crippen molar-refractivity contribution in [1.82, 2.24) is 4.90 Å². The molecule has 5 heteroatoms. The van der Waals surface area contributed by atoms with Gasteiger partial charge in [-0.15, -0.1) is 9.24 Å². The molecule has 14 heavy (non-hydrogen) atoms. The number of rotatable bonds is 1. The molecule has 1 heterocycles. The molecule has 1 unspecified atom stereocenters. The minimum Gasteiger partial charge on any atom is -0.444 e. The molecule has 0 aromatic heterocycles. The number of hydrogen-bond acceptors (Lipinski definition) is 3. The van der Waals surface area contributed by atoms with Gasteiger partial charge in [0, 0.05) is 19.3 Å². The number of hydrogen-bond donors (Lipinski definition) is 1. The first-order chi connectivity index (χ1) is 6.26. The monoisotopic (exact) mass is 216 g/mol. The molecule has 1 aliphatic rings. The minimum absolute atomic E-state index is 0.225. The van der Waals surface area contributed by atoms with Gasteiger partial charge in [-0.05, 0) is 20.8 Å². The van der Waals surface area contributed by atoms with E-state index in [4.69, 9.17) is 10.1 Å². The molecule has 0 saturated carbocycles. The van der Waals surface area contributed by atoms with Gasteiger partial charge < -0.3 is 15.0 Å². The van der Waals surface area contributed by atoms with Gasteiger partial charge >= 0.3 is 6.09 Å². The van der Waals surface area contributed by atoms with Crippen LogP contribution in [-0.4, -0.2) is 41.1 Å². The molecule has 1 aliphatic heterocycles. The van der Waals surface area contributed by atoms with Gasteiger partial charge in [-0.3, -0.25) is 0 Å². The molecule has 80 valence electrons. The van der Waals surface area contributed by atoms with Crippen molar-refractivity contribution < 1.29 is 9.53 Å². The van der Waals surface area contributed by atoms with Crippen LogP contribution in [0.1, 0.15) is 20.8 Å². The Bertz CT molecular complexity index is 254. The van der Waals surface area contributed by atoms with E-state index in [1.807, 2.05) is 20.8 Å². The van der Waals surface area contributed by atoms with Gasteiger partial charge in [0.1, 0.15) is 5.60 Å². The zero-order chi connectivity index (χ0) is 11.0. The van der Waals surface area contributed by atoms with E-state index < -0.39 is 5.60 Å². The van der Waals surface area contributed by atoms with Gasteiger partial charge in [0.25, 0.3) is 0 Å². The zero-order valence-electron chi connectivity index (χ0n) is 8.83. The van der Waals surface area contributed by atoms with E-state index >= 15 is 0 Å². The second-order valence-corrected chi connectivity index (χ2v) is 5.86. The van der Waals surface area contributed by atoms with E-state index in [2.05, 4.69) is 9.24 Å². The van der Waals surface area contributed by atoms with Gasteiger partial charge in [0.05, 0.1) is 5.16 Å². The Balaban J connectivity index is 2.41. The summed E-state index contributed by atoms with van der Waals surface area (Å²) in [5, 5.41) is 6.92. The number of carbonyl (C=O) groups is 1. The van der Waals surface area contributed by atoms with Gasteiger partial charge in [0.15, 0.2) is 0 Å². The number of likely N-dealkylation sites (tertiary alicyclic amines) is 1. The maximum atomic E-state index is 11.5. The summed E-state index contributed by atoms with van der Waals surface area (Å²) in [6.45, 7) is 6.63. The van der Waals surface area contributed by atoms with Crippen LogP contribution in [0.5, 0.6) is 0 Å². The fraction of sp³-hybridized carbons (Fsp3) is 0.778. The highest BCUT2D eigenvalue weighted by Crippen LogP contribution is 2.29. The van der Waals surface area contributed by atoms with Gasteiger partial charge in [-0.1, -0.05) is 0 Å². The van der Waals surface area contributed by atoms with Gasteiger partial charge in [-0.25, -0.2) is 4.79 Å². The van der Waals surface area contributed by atoms with Crippen LogP contribution < -0.4 is 0 Å². The molecule has 1 fully saturated rings. The molecule has 4 nitrogen and oxygen atoms in total. The van der Waals surface area contributed by atoms with E-state index in [0.717, 1.165) is 0 Å². The van der Waals surface area contributed by atoms with Crippen molar-refractivity contribution in [3.05, 3.63) is 0 Å². The lowest BCUT2D eigenvalue weighted by molar-refractivity contribution is 0.0107. The van der Waals surface area contributed by atoms with Crippen LogP contribution in [0.4, 0.5) is 4.79 Å². The molecule has 1 N–H and O–H groups in total. The van der Waals surface area contributed by atoms with Gasteiger partial charge in [0.2, 0.25) is 0 Å². The van der Waals surface area contributed by atoms with Crippen LogP contribution in [0.2, 0.25) is 0 Å². The van der Waals surface area contributed by atoms with Gasteiger partial charge in [-0.2, -0.15) is 0 Å². The fourth-order valence-corrected chi connectivity index (χ4v) is 1.65. The van der Waals surface area contributed by atoms with E-state index in [0.29, 0.717) is 13.1 Å². The summed E-state index contributed by atoms with van der Waals surface area (Å²) >= 11 is 0. The van der Waals surface area contributed by atoms with Crippen LogP contribution in [0, 0.1) is 5.41 Å². The molecule has 1 atom stereocenters. The first-order valence-electron chi connectivity index (χ1n) is 4.54. The maximum absolute atomic E-state index is 11.5. The molecule has 0 aromatic rings. The van der Waals surface area contributed by atoms with Crippen molar-refractivity contribution >= 4 is 21.5 Å². The Morgan fingerprint density at radius 1 is 1.57 bits per heavy atom. The van der Waals surface area contributed by atoms with Crippen molar-refractivity contribution in [3.63, 3.8) is 0 Å². The molecule has 0 aromatic carbocycles. The summed E-state index contributed by atoms with van der Waals surface area (Å²) in [6.07, 6.45) is 1.07. The van der Waals surface area contributed by atoms with E-state index in [-0.39, 0.29) is 11.2 Å². The summed E-state index contributed by atoms with van der Waals surface area (Å²) in [5.41, 5.74) is -0.444. The molecule has 0 spiro atoms. The highest BCUT2D eigenvalue weighted by atomic mass is 31.0. The first-order valence-corrected chi connectivity index (χ1v) is 5.12. The molecule has 1 rings (SSSR count). The SMILES string of the molecule is CC(C)(C)OC(=O)N1CC(P)(C=N)C1. The predicted molar refractivity (Wildman–Crippen MR) is 59.0 cm³/mol. The van der Waals surface area contributed by atoms with Crippen LogP contribution in [0.15, 0.2) is 0 Å². The topological polar surface area (TPSA) is 53.4 Å². The summed E-state index contributed by atoms with van der Waals surface area (Å²) in [4.78, 5) is 13.1. The number of nitrogens with one attached hydrogen (secondary N) is 1. The molecule has 1 saturated heterocycles. The smallest absolute Gasteiger partial charge is 0.410 e. The Hall–Kier alpha value is -0.630. The third-order valence-corrected chi connectivity index (χ3v) is 2.44. The largest absolute Gasteiger partial charge is 0.444 e. The molecule has 0 radical (unpaired) electrons. The molecule has 1 amide bonds. The lowest BCUT2D eigenvalue weighted by atomic mass is 10.0. The standard InChI is InChI=1S/C9H17N2O2P/c1-8(2,3)13-7(12)11-5-9(14,4-10)6-11/h4,10H,5-6,14H2,1-3H3. The summed E-state index contributed by atoms with van der Waals surface area (Å²) < 4.78 is 5.18. The number of nitrogens with zero attached hydrogens (tertiary/aromatic N) is 1. The Labute approximate surface area is 86.7 Å². The molecular formula is C9H17N2O2P. The average Bonchev–Trinajstić information content (AvgIpc) is 1.95. The summed E-state index contributed by atoms with van der Waals surface area (Å²) in [6, 6.07) is 0. The van der Waals surface area contributed by atoms with Crippen molar-refractivity contribution in [2.45, 2.75) is 31.5 Å². The highest BCUT2D eigenvalue weighted by Gasteiger charge is 2.41. The Morgan fingerprint density at radius 2 is 2.07 bits per heavy atom. The highest BCUT2D eigenvalue weighted by molar-refractivity contribution is 7.21. The van der Waals surface area contributed by atoms with Crippen molar-refractivity contribution in [3.8, 4) is 0 Å². The van der Waals surface area contributed by atoms with E-state index in [9.17, 15) is 4.79 Å². The quantitative estimate of drug-likeness (QED) is 0.533. The Kier molecular flexibility index (Phi) is 2.86. The number of ether oxygens (including phenoxy) is 1. The zero-order valence-corrected chi connectivity index (χ0v) is 9.99.